The van der Waals surface area contributed by atoms with Crippen molar-refractivity contribution in [2.75, 3.05) is 19.6 Å². The van der Waals surface area contributed by atoms with Crippen LogP contribution < -0.4 is 5.32 Å². The van der Waals surface area contributed by atoms with Gasteiger partial charge in [-0.15, -0.1) is 10.2 Å². The molecule has 1 saturated carbocycles. The minimum Gasteiger partial charge on any atom is -0.419 e. The molecule has 1 aliphatic carbocycles. The van der Waals surface area contributed by atoms with Crippen LogP contribution in [0.2, 0.25) is 5.02 Å². The van der Waals surface area contributed by atoms with Gasteiger partial charge in [0.1, 0.15) is 0 Å². The van der Waals surface area contributed by atoms with Crippen molar-refractivity contribution < 1.29 is 9.21 Å². The Morgan fingerprint density at radius 1 is 1.23 bits per heavy atom. The van der Waals surface area contributed by atoms with Crippen LogP contribution in [0.15, 0.2) is 28.7 Å². The zero-order valence-corrected chi connectivity index (χ0v) is 15.4. The van der Waals surface area contributed by atoms with Gasteiger partial charge in [-0.3, -0.25) is 9.69 Å². The average molecular weight is 375 g/mol. The van der Waals surface area contributed by atoms with Gasteiger partial charge in [-0.25, -0.2) is 0 Å². The molecule has 6 nitrogen and oxygen atoms in total. The van der Waals surface area contributed by atoms with E-state index in [9.17, 15) is 4.79 Å². The fraction of sp³-hybridized carbons (Fsp3) is 0.526. The van der Waals surface area contributed by atoms with Crippen LogP contribution in [-0.2, 0) is 11.3 Å². The summed E-state index contributed by atoms with van der Waals surface area (Å²) < 4.78 is 5.79. The van der Waals surface area contributed by atoms with Gasteiger partial charge >= 0.3 is 0 Å². The highest BCUT2D eigenvalue weighted by Gasteiger charge is 2.28. The van der Waals surface area contributed by atoms with E-state index >= 15 is 0 Å². The van der Waals surface area contributed by atoms with Crippen molar-refractivity contribution in [3.8, 4) is 11.5 Å². The van der Waals surface area contributed by atoms with Crippen LogP contribution in [0.1, 0.15) is 31.6 Å². The molecular weight excluding hydrogens is 352 g/mol. The van der Waals surface area contributed by atoms with E-state index in [-0.39, 0.29) is 11.8 Å². The standard InChI is InChI=1S/C19H23ClN4O2/c20-16-7-5-14(6-8-16)19-23-22-17(26-19)12-24-9-1-2-15(11-24)18(25)21-10-13-3-4-13/h5-8,13,15H,1-4,9-12H2,(H,21,25). The normalized spacial score (nSPS) is 20.9. The predicted octanol–water partition coefficient (Wildman–Crippen LogP) is 3.13. The molecule has 1 aromatic carbocycles. The van der Waals surface area contributed by atoms with E-state index < -0.39 is 0 Å². The Morgan fingerprint density at radius 2 is 2.04 bits per heavy atom. The quantitative estimate of drug-likeness (QED) is 0.841. The monoisotopic (exact) mass is 374 g/mol. The van der Waals surface area contributed by atoms with Crippen LogP contribution >= 0.6 is 11.6 Å². The zero-order valence-electron chi connectivity index (χ0n) is 14.7. The number of carbonyl (C=O) groups is 1. The first-order valence-corrected chi connectivity index (χ1v) is 9.63. The van der Waals surface area contributed by atoms with Gasteiger partial charge in [0.25, 0.3) is 0 Å². The van der Waals surface area contributed by atoms with Crippen LogP contribution in [0.4, 0.5) is 0 Å². The Balaban J connectivity index is 1.33. The summed E-state index contributed by atoms with van der Waals surface area (Å²) >= 11 is 5.91. The summed E-state index contributed by atoms with van der Waals surface area (Å²) in [6.45, 7) is 3.11. The van der Waals surface area contributed by atoms with E-state index in [1.807, 2.05) is 12.1 Å². The lowest BCUT2D eigenvalue weighted by Gasteiger charge is -2.30. The molecule has 1 aromatic heterocycles. The van der Waals surface area contributed by atoms with E-state index in [2.05, 4.69) is 20.4 Å². The topological polar surface area (TPSA) is 71.3 Å². The number of amides is 1. The molecule has 4 rings (SSSR count). The van der Waals surface area contributed by atoms with Gasteiger partial charge < -0.3 is 9.73 Å². The molecule has 0 spiro atoms. The first-order chi connectivity index (χ1) is 12.7. The Labute approximate surface area is 157 Å². The Hall–Kier alpha value is -1.92. The van der Waals surface area contributed by atoms with Gasteiger partial charge in [0.2, 0.25) is 17.7 Å². The lowest BCUT2D eigenvalue weighted by atomic mass is 9.97. The lowest BCUT2D eigenvalue weighted by Crippen LogP contribution is -2.43. The molecule has 138 valence electrons. The minimum atomic E-state index is 0.0566. The number of hydrogen-bond acceptors (Lipinski definition) is 5. The number of halogens is 1. The summed E-state index contributed by atoms with van der Waals surface area (Å²) in [5.74, 6) is 2.03. The third-order valence-corrected chi connectivity index (χ3v) is 5.31. The maximum atomic E-state index is 12.3. The van der Waals surface area contributed by atoms with Crippen molar-refractivity contribution in [1.82, 2.24) is 20.4 Å². The largest absolute Gasteiger partial charge is 0.419 e. The fourth-order valence-electron chi connectivity index (χ4n) is 3.34. The molecule has 2 fully saturated rings. The lowest BCUT2D eigenvalue weighted by molar-refractivity contribution is -0.126. The van der Waals surface area contributed by atoms with Gasteiger partial charge in [0, 0.05) is 23.7 Å². The maximum absolute atomic E-state index is 12.3. The SMILES string of the molecule is O=C(NCC1CC1)C1CCCN(Cc2nnc(-c3ccc(Cl)cc3)o2)C1. The van der Waals surface area contributed by atoms with Crippen LogP contribution in [-0.4, -0.2) is 40.6 Å². The molecule has 1 atom stereocenters. The average Bonchev–Trinajstić information content (AvgIpc) is 3.38. The molecule has 0 bridgehead atoms. The highest BCUT2D eigenvalue weighted by Crippen LogP contribution is 2.28. The van der Waals surface area contributed by atoms with Crippen LogP contribution in [0.3, 0.4) is 0 Å². The summed E-state index contributed by atoms with van der Waals surface area (Å²) in [5.41, 5.74) is 0.851. The molecule has 2 aromatic rings. The second-order valence-corrected chi connectivity index (χ2v) is 7.71. The van der Waals surface area contributed by atoms with Crippen molar-refractivity contribution in [2.24, 2.45) is 11.8 Å². The van der Waals surface area contributed by atoms with E-state index in [4.69, 9.17) is 16.0 Å². The smallest absolute Gasteiger partial charge is 0.247 e. The predicted molar refractivity (Wildman–Crippen MR) is 98.5 cm³/mol. The van der Waals surface area contributed by atoms with Gasteiger partial charge in [0.05, 0.1) is 12.5 Å². The van der Waals surface area contributed by atoms with E-state index in [1.165, 1.54) is 12.8 Å². The fourth-order valence-corrected chi connectivity index (χ4v) is 3.47. The van der Waals surface area contributed by atoms with E-state index in [0.29, 0.717) is 29.3 Å². The minimum absolute atomic E-state index is 0.0566. The molecule has 1 aliphatic heterocycles. The Kier molecular flexibility index (Phi) is 5.22. The summed E-state index contributed by atoms with van der Waals surface area (Å²) in [6, 6.07) is 7.33. The second-order valence-electron chi connectivity index (χ2n) is 7.27. The second kappa shape index (κ2) is 7.76. The van der Waals surface area contributed by atoms with Gasteiger partial charge in [-0.05, 0) is 62.4 Å². The summed E-state index contributed by atoms with van der Waals surface area (Å²) in [4.78, 5) is 14.6. The van der Waals surface area contributed by atoms with Crippen LogP contribution in [0, 0.1) is 11.8 Å². The number of aromatic nitrogens is 2. The molecule has 1 N–H and O–H groups in total. The zero-order chi connectivity index (χ0) is 17.9. The van der Waals surface area contributed by atoms with Crippen LogP contribution in [0.5, 0.6) is 0 Å². The third kappa shape index (κ3) is 4.43. The molecule has 1 unspecified atom stereocenters. The number of hydrogen-bond donors (Lipinski definition) is 1. The number of likely N-dealkylation sites (tertiary alicyclic amines) is 1. The Morgan fingerprint density at radius 3 is 2.81 bits per heavy atom. The summed E-state index contributed by atoms with van der Waals surface area (Å²) in [7, 11) is 0. The van der Waals surface area contributed by atoms with Crippen molar-refractivity contribution in [1.29, 1.82) is 0 Å². The van der Waals surface area contributed by atoms with Gasteiger partial charge in [-0.1, -0.05) is 11.6 Å². The van der Waals surface area contributed by atoms with Gasteiger partial charge in [-0.2, -0.15) is 0 Å². The number of carbonyl (C=O) groups excluding carboxylic acids is 1. The molecule has 2 aliphatic rings. The molecule has 2 heterocycles. The molecule has 0 radical (unpaired) electrons. The number of benzene rings is 1. The molecule has 7 heteroatoms. The first-order valence-electron chi connectivity index (χ1n) is 9.26. The van der Waals surface area contributed by atoms with Crippen LogP contribution in [0.25, 0.3) is 11.5 Å². The molecule has 26 heavy (non-hydrogen) atoms. The van der Waals surface area contributed by atoms with Gasteiger partial charge in [0.15, 0.2) is 0 Å². The maximum Gasteiger partial charge on any atom is 0.247 e. The number of nitrogens with zero attached hydrogens (tertiary/aromatic N) is 3. The third-order valence-electron chi connectivity index (χ3n) is 5.06. The summed E-state index contributed by atoms with van der Waals surface area (Å²) in [5, 5.41) is 12.1. The van der Waals surface area contributed by atoms with Crippen molar-refractivity contribution >= 4 is 17.5 Å². The Bertz CT molecular complexity index is 757. The number of rotatable bonds is 6. The van der Waals surface area contributed by atoms with Crippen molar-refractivity contribution in [3.63, 3.8) is 0 Å². The molecular formula is C19H23ClN4O2. The van der Waals surface area contributed by atoms with Crippen molar-refractivity contribution in [2.45, 2.75) is 32.2 Å². The van der Waals surface area contributed by atoms with E-state index in [1.54, 1.807) is 12.1 Å². The number of nitrogens with one attached hydrogen (secondary N) is 1. The molecule has 1 saturated heterocycles. The first kappa shape index (κ1) is 17.5. The number of piperidine rings is 1. The highest BCUT2D eigenvalue weighted by molar-refractivity contribution is 6.30. The molecule has 1 amide bonds. The van der Waals surface area contributed by atoms with E-state index in [0.717, 1.165) is 38.0 Å². The van der Waals surface area contributed by atoms with Crippen molar-refractivity contribution in [3.05, 3.63) is 35.2 Å². The summed E-state index contributed by atoms with van der Waals surface area (Å²) in [6.07, 6.45) is 4.47. The highest BCUT2D eigenvalue weighted by atomic mass is 35.5.